The third kappa shape index (κ3) is 7.05. The van der Waals surface area contributed by atoms with Gasteiger partial charge in [0.05, 0.1) is 36.1 Å². The van der Waals surface area contributed by atoms with E-state index in [0.29, 0.717) is 6.54 Å². The van der Waals surface area contributed by atoms with Gasteiger partial charge >= 0.3 is 0 Å². The van der Waals surface area contributed by atoms with Gasteiger partial charge in [-0.1, -0.05) is 60.7 Å². The van der Waals surface area contributed by atoms with Gasteiger partial charge in [-0.15, -0.1) is 5.10 Å². The second-order valence-corrected chi connectivity index (χ2v) is 11.2. The Hall–Kier alpha value is -3.23. The van der Waals surface area contributed by atoms with E-state index in [4.69, 9.17) is 4.74 Å². The highest BCUT2D eigenvalue weighted by atomic mass is 16.5. The molecule has 1 amide bonds. The van der Waals surface area contributed by atoms with Crippen molar-refractivity contribution in [3.05, 3.63) is 78.1 Å². The molecule has 2 aromatic carbocycles. The molecule has 0 aliphatic carbocycles. The molecule has 0 bridgehead atoms. The van der Waals surface area contributed by atoms with Crippen molar-refractivity contribution >= 4 is 11.6 Å². The predicted octanol–water partition coefficient (Wildman–Crippen LogP) is 4.39. The number of benzene rings is 2. The molecule has 8 nitrogen and oxygen atoms in total. The highest BCUT2D eigenvalue weighted by Crippen LogP contribution is 2.31. The van der Waals surface area contributed by atoms with Gasteiger partial charge in [0.2, 0.25) is 5.91 Å². The average Bonchev–Trinajstić information content (AvgIpc) is 3.64. The van der Waals surface area contributed by atoms with Crippen LogP contribution in [0.25, 0.3) is 0 Å². The van der Waals surface area contributed by atoms with Gasteiger partial charge in [-0.25, -0.2) is 4.68 Å². The van der Waals surface area contributed by atoms with Crippen molar-refractivity contribution in [1.29, 1.82) is 0 Å². The van der Waals surface area contributed by atoms with E-state index < -0.39 is 0 Å². The molecule has 39 heavy (non-hydrogen) atoms. The summed E-state index contributed by atoms with van der Waals surface area (Å²) in [4.78, 5) is 19.8. The van der Waals surface area contributed by atoms with Crippen LogP contribution in [0, 0.1) is 5.92 Å². The molecular weight excluding hydrogens is 488 g/mol. The topological polar surface area (TPSA) is 66.7 Å². The molecule has 2 aliphatic heterocycles. The Bertz CT molecular complexity index is 1180. The third-order valence-electron chi connectivity index (χ3n) is 8.22. The molecule has 0 unspecified atom stereocenters. The lowest BCUT2D eigenvalue weighted by Crippen LogP contribution is -2.46. The number of aromatic nitrogens is 3. The largest absolute Gasteiger partial charge is 0.374 e. The van der Waals surface area contributed by atoms with Crippen LogP contribution in [0.5, 0.6) is 0 Å². The van der Waals surface area contributed by atoms with E-state index in [1.165, 1.54) is 5.69 Å². The summed E-state index contributed by atoms with van der Waals surface area (Å²) in [6.45, 7) is 9.72. The fourth-order valence-corrected chi connectivity index (χ4v) is 5.84. The summed E-state index contributed by atoms with van der Waals surface area (Å²) in [5.41, 5.74) is 3.45. The summed E-state index contributed by atoms with van der Waals surface area (Å²) in [5, 5.41) is 8.91. The van der Waals surface area contributed by atoms with Gasteiger partial charge in [-0.05, 0) is 43.9 Å². The van der Waals surface area contributed by atoms with Crippen LogP contribution in [-0.2, 0) is 22.6 Å². The second kappa shape index (κ2) is 12.7. The summed E-state index contributed by atoms with van der Waals surface area (Å²) in [7, 11) is 1.88. The molecule has 0 spiro atoms. The van der Waals surface area contributed by atoms with E-state index in [9.17, 15) is 4.79 Å². The SMILES string of the molecule is C[C@@H](C(=O)N(C)Cc1ccccc1)[C@H]1CC[C@@H](C[C@H](C)n2cc(CN3CCN(c4ccccc4)CC3)nn2)O1. The summed E-state index contributed by atoms with van der Waals surface area (Å²) in [6, 6.07) is 20.9. The Labute approximate surface area is 232 Å². The number of para-hydroxylation sites is 1. The first kappa shape index (κ1) is 27.3. The fraction of sp³-hybridized carbons (Fsp3) is 0.516. The molecule has 2 saturated heterocycles. The number of carbonyl (C=O) groups excluding carboxylic acids is 1. The Morgan fingerprint density at radius 2 is 1.69 bits per heavy atom. The number of piperazine rings is 1. The Morgan fingerprint density at radius 3 is 2.41 bits per heavy atom. The van der Waals surface area contributed by atoms with E-state index in [1.807, 2.05) is 41.8 Å². The van der Waals surface area contributed by atoms with Crippen LogP contribution in [0.3, 0.4) is 0 Å². The Morgan fingerprint density at radius 1 is 1.00 bits per heavy atom. The van der Waals surface area contributed by atoms with Crippen molar-refractivity contribution in [3.8, 4) is 0 Å². The lowest BCUT2D eigenvalue weighted by atomic mass is 9.99. The van der Waals surface area contributed by atoms with E-state index in [-0.39, 0.29) is 30.1 Å². The Kier molecular flexibility index (Phi) is 8.94. The van der Waals surface area contributed by atoms with Crippen molar-refractivity contribution in [2.75, 3.05) is 38.1 Å². The van der Waals surface area contributed by atoms with Gasteiger partial charge < -0.3 is 14.5 Å². The normalized spacial score (nSPS) is 21.6. The first-order valence-electron chi connectivity index (χ1n) is 14.3. The van der Waals surface area contributed by atoms with Crippen LogP contribution in [0.4, 0.5) is 5.69 Å². The lowest BCUT2D eigenvalue weighted by molar-refractivity contribution is -0.139. The highest BCUT2D eigenvalue weighted by molar-refractivity contribution is 5.78. The number of nitrogens with zero attached hydrogens (tertiary/aromatic N) is 6. The molecular formula is C31H42N6O2. The second-order valence-electron chi connectivity index (χ2n) is 11.2. The standard InChI is InChI=1S/C31H42N6O2/c1-24(20-29-14-15-30(39-29)25(2)31(38)34(3)21-26-10-6-4-7-11-26)37-23-27(32-33-37)22-35-16-18-36(19-17-35)28-12-8-5-9-13-28/h4-13,23-25,29-30H,14-22H2,1-3H3/t24-,25+,29-,30+/m0/s1. The molecule has 2 aliphatic rings. The van der Waals surface area contributed by atoms with Gasteiger partial charge in [0.1, 0.15) is 0 Å². The van der Waals surface area contributed by atoms with Gasteiger partial charge in [0.25, 0.3) is 0 Å². The first-order valence-corrected chi connectivity index (χ1v) is 14.3. The van der Waals surface area contributed by atoms with Crippen molar-refractivity contribution in [2.45, 2.75) is 64.4 Å². The summed E-state index contributed by atoms with van der Waals surface area (Å²) >= 11 is 0. The zero-order valence-electron chi connectivity index (χ0n) is 23.5. The monoisotopic (exact) mass is 530 g/mol. The quantitative estimate of drug-likeness (QED) is 0.387. The third-order valence-corrected chi connectivity index (χ3v) is 8.22. The van der Waals surface area contributed by atoms with Crippen LogP contribution in [-0.4, -0.2) is 76.1 Å². The minimum Gasteiger partial charge on any atom is -0.374 e. The number of rotatable bonds is 10. The number of anilines is 1. The zero-order valence-corrected chi connectivity index (χ0v) is 23.5. The number of hydrogen-bond acceptors (Lipinski definition) is 6. The molecule has 3 heterocycles. The maximum absolute atomic E-state index is 13.1. The van der Waals surface area contributed by atoms with E-state index in [1.54, 1.807) is 0 Å². The van der Waals surface area contributed by atoms with Crippen molar-refractivity contribution in [1.82, 2.24) is 24.8 Å². The van der Waals surface area contributed by atoms with Crippen molar-refractivity contribution in [3.63, 3.8) is 0 Å². The van der Waals surface area contributed by atoms with Crippen LogP contribution in [0.1, 0.15) is 50.4 Å². The summed E-state index contributed by atoms with van der Waals surface area (Å²) in [5.74, 6) is -0.0116. The van der Waals surface area contributed by atoms with Crippen molar-refractivity contribution < 1.29 is 9.53 Å². The maximum atomic E-state index is 13.1. The van der Waals surface area contributed by atoms with Crippen LogP contribution in [0.2, 0.25) is 0 Å². The first-order chi connectivity index (χ1) is 19.0. The molecule has 208 valence electrons. The maximum Gasteiger partial charge on any atom is 0.228 e. The van der Waals surface area contributed by atoms with Gasteiger partial charge in [0, 0.05) is 52.0 Å². The summed E-state index contributed by atoms with van der Waals surface area (Å²) < 4.78 is 8.37. The fourth-order valence-electron chi connectivity index (χ4n) is 5.84. The molecule has 4 atom stereocenters. The highest BCUT2D eigenvalue weighted by Gasteiger charge is 2.35. The minimum atomic E-state index is -0.153. The van der Waals surface area contributed by atoms with Crippen LogP contribution < -0.4 is 4.90 Å². The lowest BCUT2D eigenvalue weighted by Gasteiger charge is -2.35. The summed E-state index contributed by atoms with van der Waals surface area (Å²) in [6.07, 6.45) is 4.96. The molecule has 0 N–H and O–H groups in total. The average molecular weight is 531 g/mol. The molecule has 0 radical (unpaired) electrons. The minimum absolute atomic E-state index is 0.0335. The molecule has 3 aromatic rings. The van der Waals surface area contributed by atoms with Gasteiger partial charge in [0.15, 0.2) is 0 Å². The Balaban J connectivity index is 1.06. The van der Waals surface area contributed by atoms with Crippen LogP contribution >= 0.6 is 0 Å². The molecule has 5 rings (SSSR count). The van der Waals surface area contributed by atoms with E-state index >= 15 is 0 Å². The van der Waals surface area contributed by atoms with Gasteiger partial charge in [-0.3, -0.25) is 9.69 Å². The predicted molar refractivity (Wildman–Crippen MR) is 153 cm³/mol. The molecule has 2 fully saturated rings. The van der Waals surface area contributed by atoms with Crippen molar-refractivity contribution in [2.24, 2.45) is 5.92 Å². The number of carbonyl (C=O) groups is 1. The van der Waals surface area contributed by atoms with E-state index in [2.05, 4.69) is 75.7 Å². The zero-order chi connectivity index (χ0) is 27.2. The smallest absolute Gasteiger partial charge is 0.228 e. The van der Waals surface area contributed by atoms with Gasteiger partial charge in [-0.2, -0.15) is 0 Å². The molecule has 8 heteroatoms. The molecule has 1 aromatic heterocycles. The van der Waals surface area contributed by atoms with Crippen LogP contribution in [0.15, 0.2) is 66.9 Å². The van der Waals surface area contributed by atoms with E-state index in [0.717, 1.165) is 63.2 Å². The number of ether oxygens (including phenoxy) is 1. The number of amides is 1. The molecule has 0 saturated carbocycles. The number of hydrogen-bond donors (Lipinski definition) is 0.